The zero-order valence-electron chi connectivity index (χ0n) is 17.8. The van der Waals surface area contributed by atoms with Crippen molar-refractivity contribution in [3.63, 3.8) is 0 Å². The van der Waals surface area contributed by atoms with Crippen molar-refractivity contribution in [2.24, 2.45) is 0 Å². The van der Waals surface area contributed by atoms with E-state index in [0.717, 1.165) is 66.1 Å². The van der Waals surface area contributed by atoms with Gasteiger partial charge in [0.1, 0.15) is 11.9 Å². The number of aromatic nitrogens is 1. The van der Waals surface area contributed by atoms with Gasteiger partial charge in [-0.05, 0) is 61.3 Å². The quantitative estimate of drug-likeness (QED) is 0.575. The number of ether oxygens (including phenoxy) is 1. The minimum Gasteiger partial charge on any atom is -0.490 e. The lowest BCUT2D eigenvalue weighted by atomic mass is 10.0. The second-order valence-corrected chi connectivity index (χ2v) is 9.47. The highest BCUT2D eigenvalue weighted by Gasteiger charge is 2.25. The van der Waals surface area contributed by atoms with Crippen LogP contribution < -0.4 is 10.3 Å². The molecule has 0 radical (unpaired) electrons. The van der Waals surface area contributed by atoms with E-state index >= 15 is 0 Å². The number of H-pyrrole nitrogens is 1. The van der Waals surface area contributed by atoms with Crippen molar-refractivity contribution in [3.05, 3.63) is 75.6 Å². The van der Waals surface area contributed by atoms with E-state index in [1.165, 1.54) is 11.1 Å². The van der Waals surface area contributed by atoms with Crippen LogP contribution in [0, 0.1) is 0 Å². The molecule has 3 aromatic rings. The maximum atomic E-state index is 12.4. The van der Waals surface area contributed by atoms with Crippen LogP contribution in [-0.4, -0.2) is 34.8 Å². The molecular formula is C25H29ClN2O2S. The van der Waals surface area contributed by atoms with E-state index in [2.05, 4.69) is 53.2 Å². The maximum Gasteiger partial charge on any atom is 0.252 e. The summed E-state index contributed by atoms with van der Waals surface area (Å²) in [5, 5.41) is 1.15. The number of fused-ring (bicyclic) bond motifs is 3. The minimum atomic E-state index is 0. The van der Waals surface area contributed by atoms with E-state index < -0.39 is 0 Å². The molecule has 6 heteroatoms. The molecule has 1 atom stereocenters. The van der Waals surface area contributed by atoms with Crippen LogP contribution in [0.25, 0.3) is 10.9 Å². The summed E-state index contributed by atoms with van der Waals surface area (Å²) in [5.41, 5.74) is 4.52. The van der Waals surface area contributed by atoms with E-state index in [4.69, 9.17) is 4.74 Å². The fourth-order valence-electron chi connectivity index (χ4n) is 4.76. The van der Waals surface area contributed by atoms with Crippen molar-refractivity contribution in [3.8, 4) is 5.75 Å². The first kappa shape index (κ1) is 22.3. The summed E-state index contributed by atoms with van der Waals surface area (Å²) in [6.45, 7) is 4.39. The third-order valence-corrected chi connectivity index (χ3v) is 7.54. The van der Waals surface area contributed by atoms with Gasteiger partial charge in [0.2, 0.25) is 0 Å². The highest BCUT2D eigenvalue weighted by Crippen LogP contribution is 2.31. The number of halogens is 1. The van der Waals surface area contributed by atoms with Gasteiger partial charge in [-0.2, -0.15) is 11.8 Å². The van der Waals surface area contributed by atoms with E-state index in [1.54, 1.807) is 0 Å². The Balaban J connectivity index is 0.00000231. The lowest BCUT2D eigenvalue weighted by molar-refractivity contribution is 0.0798. The van der Waals surface area contributed by atoms with Gasteiger partial charge in [-0.1, -0.05) is 30.3 Å². The van der Waals surface area contributed by atoms with Crippen molar-refractivity contribution in [2.45, 2.75) is 44.1 Å². The minimum absolute atomic E-state index is 0. The third kappa shape index (κ3) is 4.64. The van der Waals surface area contributed by atoms with Gasteiger partial charge in [0, 0.05) is 41.4 Å². The highest BCUT2D eigenvalue weighted by molar-refractivity contribution is 7.98. The molecule has 1 N–H and O–H groups in total. The second kappa shape index (κ2) is 9.68. The standard InChI is InChI=1S/C25H28N2O2S.ClH/c1-17(18-5-3-2-4-6-18)27-12-9-19(10-13-27)29-20-7-8-24-22(15-20)21-11-14-30-16-23(21)25(28)26-24;/h2-8,15,17,19H,9-14,16H2,1H3,(H,26,28);1H. The van der Waals surface area contributed by atoms with Crippen molar-refractivity contribution in [1.29, 1.82) is 0 Å². The zero-order valence-corrected chi connectivity index (χ0v) is 19.4. The number of benzene rings is 2. The Morgan fingerprint density at radius 1 is 1.10 bits per heavy atom. The Labute approximate surface area is 193 Å². The van der Waals surface area contributed by atoms with Crippen molar-refractivity contribution in [2.75, 3.05) is 18.8 Å². The Morgan fingerprint density at radius 2 is 1.87 bits per heavy atom. The molecule has 4 nitrogen and oxygen atoms in total. The molecule has 0 aliphatic carbocycles. The van der Waals surface area contributed by atoms with Crippen LogP contribution in [0.3, 0.4) is 0 Å². The monoisotopic (exact) mass is 456 g/mol. The first-order valence-electron chi connectivity index (χ1n) is 10.9. The Hall–Kier alpha value is -1.95. The van der Waals surface area contributed by atoms with Crippen molar-refractivity contribution in [1.82, 2.24) is 9.88 Å². The van der Waals surface area contributed by atoms with Gasteiger partial charge < -0.3 is 9.72 Å². The van der Waals surface area contributed by atoms with Crippen LogP contribution in [0.15, 0.2) is 53.3 Å². The predicted molar refractivity (Wildman–Crippen MR) is 132 cm³/mol. The number of aryl methyl sites for hydroxylation is 1. The van der Waals surface area contributed by atoms with Crippen molar-refractivity contribution >= 4 is 35.1 Å². The molecule has 31 heavy (non-hydrogen) atoms. The number of thioether (sulfide) groups is 1. The van der Waals surface area contributed by atoms with Crippen LogP contribution >= 0.6 is 24.2 Å². The van der Waals surface area contributed by atoms with Gasteiger partial charge in [0.05, 0.1) is 0 Å². The average Bonchev–Trinajstić information content (AvgIpc) is 2.80. The number of nitrogens with zero attached hydrogens (tertiary/aromatic N) is 1. The summed E-state index contributed by atoms with van der Waals surface area (Å²) in [5.74, 6) is 2.81. The largest absolute Gasteiger partial charge is 0.490 e. The summed E-state index contributed by atoms with van der Waals surface area (Å²) >= 11 is 1.84. The number of piperidine rings is 1. The molecule has 0 saturated carbocycles. The van der Waals surface area contributed by atoms with Crippen LogP contribution in [0.4, 0.5) is 0 Å². The van der Waals surface area contributed by atoms with E-state index in [0.29, 0.717) is 6.04 Å². The molecule has 164 valence electrons. The molecule has 0 amide bonds. The summed E-state index contributed by atoms with van der Waals surface area (Å²) in [6.07, 6.45) is 3.28. The highest BCUT2D eigenvalue weighted by atomic mass is 35.5. The molecule has 0 bridgehead atoms. The fourth-order valence-corrected chi connectivity index (χ4v) is 5.76. The summed E-state index contributed by atoms with van der Waals surface area (Å²) < 4.78 is 6.39. The Bertz CT molecular complexity index is 1090. The van der Waals surface area contributed by atoms with Crippen LogP contribution in [0.1, 0.15) is 42.5 Å². The number of hydrogen-bond acceptors (Lipinski definition) is 4. The molecule has 0 spiro atoms. The van der Waals surface area contributed by atoms with Gasteiger partial charge in [-0.3, -0.25) is 9.69 Å². The maximum absolute atomic E-state index is 12.4. The summed E-state index contributed by atoms with van der Waals surface area (Å²) in [4.78, 5) is 18.0. The molecule has 2 aliphatic rings. The van der Waals surface area contributed by atoms with Crippen molar-refractivity contribution < 1.29 is 4.74 Å². The normalized spacial score (nSPS) is 18.2. The Kier molecular flexibility index (Phi) is 6.95. The van der Waals surface area contributed by atoms with E-state index in [1.807, 2.05) is 23.9 Å². The van der Waals surface area contributed by atoms with Gasteiger partial charge in [0.25, 0.3) is 5.56 Å². The average molecular weight is 457 g/mol. The second-order valence-electron chi connectivity index (χ2n) is 8.36. The lowest BCUT2D eigenvalue weighted by Crippen LogP contribution is -2.39. The molecule has 1 saturated heterocycles. The number of pyridine rings is 1. The van der Waals surface area contributed by atoms with Gasteiger partial charge in [0.15, 0.2) is 0 Å². The first-order chi connectivity index (χ1) is 14.7. The number of rotatable bonds is 4. The molecule has 5 rings (SSSR count). The fraction of sp³-hybridized carbons (Fsp3) is 0.400. The number of hydrogen-bond donors (Lipinski definition) is 1. The SMILES string of the molecule is CC(c1ccccc1)N1CCC(Oc2ccc3[nH]c(=O)c4c(c3c2)CCSC4)CC1.Cl. The van der Waals surface area contributed by atoms with Crippen LogP contribution in [0.5, 0.6) is 5.75 Å². The molecule has 1 fully saturated rings. The van der Waals surface area contributed by atoms with Crippen LogP contribution in [0.2, 0.25) is 0 Å². The first-order valence-corrected chi connectivity index (χ1v) is 12.1. The number of nitrogens with one attached hydrogen (secondary N) is 1. The molecule has 2 aliphatic heterocycles. The summed E-state index contributed by atoms with van der Waals surface area (Å²) in [7, 11) is 0. The third-order valence-electron chi connectivity index (χ3n) is 6.55. The van der Waals surface area contributed by atoms with Gasteiger partial charge in [-0.25, -0.2) is 0 Å². The smallest absolute Gasteiger partial charge is 0.252 e. The molecule has 1 aromatic heterocycles. The molecule has 2 aromatic carbocycles. The molecule has 3 heterocycles. The Morgan fingerprint density at radius 3 is 2.65 bits per heavy atom. The number of likely N-dealkylation sites (tertiary alicyclic amines) is 1. The molecule has 1 unspecified atom stereocenters. The zero-order chi connectivity index (χ0) is 20.5. The van der Waals surface area contributed by atoms with Crippen LogP contribution in [-0.2, 0) is 12.2 Å². The van der Waals surface area contributed by atoms with E-state index in [9.17, 15) is 4.79 Å². The van der Waals surface area contributed by atoms with Gasteiger partial charge in [-0.15, -0.1) is 12.4 Å². The topological polar surface area (TPSA) is 45.3 Å². The lowest BCUT2D eigenvalue weighted by Gasteiger charge is -2.36. The number of aromatic amines is 1. The molecular weight excluding hydrogens is 428 g/mol. The summed E-state index contributed by atoms with van der Waals surface area (Å²) in [6, 6.07) is 17.3. The van der Waals surface area contributed by atoms with E-state index in [-0.39, 0.29) is 24.1 Å². The van der Waals surface area contributed by atoms with Gasteiger partial charge >= 0.3 is 0 Å². The predicted octanol–water partition coefficient (Wildman–Crippen LogP) is 5.34.